The fourth-order valence-electron chi connectivity index (χ4n) is 3.96. The molecular weight excluding hydrogens is 448 g/mol. The molecular formula is C27H26N2O6. The van der Waals surface area contributed by atoms with Crippen molar-refractivity contribution in [3.8, 4) is 11.5 Å². The van der Waals surface area contributed by atoms with E-state index in [4.69, 9.17) is 14.2 Å². The van der Waals surface area contributed by atoms with Crippen molar-refractivity contribution in [1.29, 1.82) is 0 Å². The molecule has 4 rings (SSSR count). The number of imide groups is 1. The smallest absolute Gasteiger partial charge is 0.418 e. The summed E-state index contributed by atoms with van der Waals surface area (Å²) in [5, 5.41) is 2.77. The van der Waals surface area contributed by atoms with Crippen molar-refractivity contribution in [2.45, 2.75) is 25.1 Å². The van der Waals surface area contributed by atoms with Gasteiger partial charge in [-0.3, -0.25) is 9.59 Å². The SMILES string of the molecule is COc1cc(CNC(=O)[C@@]2(Cc3ccccc3)OC(=O)N(Cc3ccccc3)C2=O)cc(OC)c1. The molecule has 3 aromatic rings. The summed E-state index contributed by atoms with van der Waals surface area (Å²) in [5.74, 6) is -0.275. The van der Waals surface area contributed by atoms with Crippen LogP contribution < -0.4 is 14.8 Å². The number of nitrogens with zero attached hydrogens (tertiary/aromatic N) is 1. The molecule has 35 heavy (non-hydrogen) atoms. The minimum absolute atomic E-state index is 0.00933. The first kappa shape index (κ1) is 23.8. The average Bonchev–Trinajstić information content (AvgIpc) is 3.13. The molecule has 0 spiro atoms. The summed E-state index contributed by atoms with van der Waals surface area (Å²) < 4.78 is 16.1. The van der Waals surface area contributed by atoms with Gasteiger partial charge in [-0.05, 0) is 28.8 Å². The standard InChI is InChI=1S/C27H26N2O6/c1-33-22-13-21(14-23(15-22)34-2)17-28-24(30)27(16-19-9-5-3-6-10-19)25(31)29(26(32)35-27)18-20-11-7-4-8-12-20/h3-15H,16-18H2,1-2H3,(H,28,30)/t27-/m1/s1. The van der Waals surface area contributed by atoms with Gasteiger partial charge < -0.3 is 19.5 Å². The highest BCUT2D eigenvalue weighted by molar-refractivity contribution is 6.17. The van der Waals surface area contributed by atoms with Crippen molar-refractivity contribution in [2.24, 2.45) is 0 Å². The van der Waals surface area contributed by atoms with E-state index in [1.54, 1.807) is 54.6 Å². The van der Waals surface area contributed by atoms with Gasteiger partial charge in [0.1, 0.15) is 11.5 Å². The number of benzene rings is 3. The van der Waals surface area contributed by atoms with Crippen LogP contribution in [0.25, 0.3) is 0 Å². The van der Waals surface area contributed by atoms with E-state index in [2.05, 4.69) is 5.32 Å². The lowest BCUT2D eigenvalue weighted by Gasteiger charge is -2.24. The molecule has 1 atom stereocenters. The van der Waals surface area contributed by atoms with Gasteiger partial charge in [0, 0.05) is 19.0 Å². The summed E-state index contributed by atoms with van der Waals surface area (Å²) in [7, 11) is 3.06. The van der Waals surface area contributed by atoms with E-state index in [0.29, 0.717) is 22.6 Å². The van der Waals surface area contributed by atoms with Crippen molar-refractivity contribution in [3.05, 3.63) is 95.6 Å². The molecule has 8 heteroatoms. The second kappa shape index (κ2) is 10.3. The van der Waals surface area contributed by atoms with E-state index in [-0.39, 0.29) is 19.5 Å². The van der Waals surface area contributed by atoms with Crippen LogP contribution in [-0.2, 0) is 33.8 Å². The molecule has 1 N–H and O–H groups in total. The lowest BCUT2D eigenvalue weighted by molar-refractivity contribution is -0.149. The Bertz CT molecular complexity index is 1190. The van der Waals surface area contributed by atoms with E-state index in [1.165, 1.54) is 14.2 Å². The van der Waals surface area contributed by atoms with Crippen LogP contribution >= 0.6 is 0 Å². The normalized spacial score (nSPS) is 17.1. The molecule has 1 aliphatic heterocycles. The van der Waals surface area contributed by atoms with Crippen LogP contribution in [0.15, 0.2) is 78.9 Å². The maximum Gasteiger partial charge on any atom is 0.418 e. The highest BCUT2D eigenvalue weighted by Crippen LogP contribution is 2.31. The van der Waals surface area contributed by atoms with Gasteiger partial charge in [-0.15, -0.1) is 0 Å². The maximum atomic E-state index is 13.6. The zero-order valence-electron chi connectivity index (χ0n) is 19.5. The van der Waals surface area contributed by atoms with Crippen LogP contribution in [0.2, 0.25) is 0 Å². The lowest BCUT2D eigenvalue weighted by Crippen LogP contribution is -2.54. The van der Waals surface area contributed by atoms with Gasteiger partial charge in [-0.1, -0.05) is 60.7 Å². The lowest BCUT2D eigenvalue weighted by atomic mass is 9.92. The van der Waals surface area contributed by atoms with Crippen molar-refractivity contribution in [2.75, 3.05) is 14.2 Å². The Labute approximate surface area is 203 Å². The Balaban J connectivity index is 1.61. The molecule has 3 amide bonds. The Morgan fingerprint density at radius 2 is 1.43 bits per heavy atom. The number of ether oxygens (including phenoxy) is 3. The molecule has 0 aromatic heterocycles. The summed E-state index contributed by atoms with van der Waals surface area (Å²) >= 11 is 0. The molecule has 0 bridgehead atoms. The molecule has 1 fully saturated rings. The van der Waals surface area contributed by atoms with Gasteiger partial charge in [-0.25, -0.2) is 9.69 Å². The molecule has 0 saturated carbocycles. The minimum Gasteiger partial charge on any atom is -0.497 e. The van der Waals surface area contributed by atoms with Crippen molar-refractivity contribution in [3.63, 3.8) is 0 Å². The zero-order chi connectivity index (χ0) is 24.8. The molecule has 8 nitrogen and oxygen atoms in total. The Morgan fingerprint density at radius 3 is 2.00 bits per heavy atom. The number of rotatable bonds is 9. The molecule has 1 aliphatic rings. The Hall–Kier alpha value is -4.33. The third-order valence-electron chi connectivity index (χ3n) is 5.78. The van der Waals surface area contributed by atoms with E-state index in [1.807, 2.05) is 24.3 Å². The topological polar surface area (TPSA) is 94.2 Å². The van der Waals surface area contributed by atoms with Crippen LogP contribution in [0.5, 0.6) is 11.5 Å². The van der Waals surface area contributed by atoms with E-state index < -0.39 is 23.5 Å². The molecule has 1 saturated heterocycles. The summed E-state index contributed by atoms with van der Waals surface area (Å²) in [5.41, 5.74) is 0.115. The van der Waals surface area contributed by atoms with Crippen molar-refractivity contribution < 1.29 is 28.6 Å². The largest absolute Gasteiger partial charge is 0.497 e. The van der Waals surface area contributed by atoms with Gasteiger partial charge in [0.2, 0.25) is 0 Å². The number of amides is 3. The van der Waals surface area contributed by atoms with Gasteiger partial charge in [0.15, 0.2) is 0 Å². The van der Waals surface area contributed by atoms with Crippen molar-refractivity contribution in [1.82, 2.24) is 10.2 Å². The first-order valence-corrected chi connectivity index (χ1v) is 11.1. The third-order valence-corrected chi connectivity index (χ3v) is 5.78. The first-order valence-electron chi connectivity index (χ1n) is 11.1. The number of methoxy groups -OCH3 is 2. The number of carbonyl (C=O) groups is 3. The third kappa shape index (κ3) is 5.11. The fraction of sp³-hybridized carbons (Fsp3) is 0.222. The first-order chi connectivity index (χ1) is 16.9. The quantitative estimate of drug-likeness (QED) is 0.477. The van der Waals surface area contributed by atoms with Gasteiger partial charge in [0.25, 0.3) is 17.4 Å². The zero-order valence-corrected chi connectivity index (χ0v) is 19.5. The van der Waals surface area contributed by atoms with E-state index >= 15 is 0 Å². The van der Waals surface area contributed by atoms with Crippen LogP contribution in [-0.4, -0.2) is 42.6 Å². The second-order valence-corrected chi connectivity index (χ2v) is 8.14. The number of hydrogen-bond acceptors (Lipinski definition) is 6. The Morgan fingerprint density at radius 1 is 0.857 bits per heavy atom. The van der Waals surface area contributed by atoms with Gasteiger partial charge in [-0.2, -0.15) is 0 Å². The predicted molar refractivity (Wildman–Crippen MR) is 128 cm³/mol. The predicted octanol–water partition coefficient (Wildman–Crippen LogP) is 3.48. The number of hydrogen-bond donors (Lipinski definition) is 1. The van der Waals surface area contributed by atoms with Crippen LogP contribution in [0.1, 0.15) is 16.7 Å². The molecule has 0 unspecified atom stereocenters. The number of nitrogens with one attached hydrogen (secondary N) is 1. The summed E-state index contributed by atoms with van der Waals surface area (Å²) in [6.07, 6.45) is -0.940. The number of carbonyl (C=O) groups excluding carboxylic acids is 3. The molecule has 180 valence electrons. The monoisotopic (exact) mass is 474 g/mol. The van der Waals surface area contributed by atoms with E-state index in [0.717, 1.165) is 10.5 Å². The summed E-state index contributed by atoms with van der Waals surface area (Å²) in [6, 6.07) is 23.3. The highest BCUT2D eigenvalue weighted by atomic mass is 16.6. The molecule has 1 heterocycles. The fourth-order valence-corrected chi connectivity index (χ4v) is 3.96. The van der Waals surface area contributed by atoms with Gasteiger partial charge >= 0.3 is 6.09 Å². The van der Waals surface area contributed by atoms with Crippen LogP contribution in [0, 0.1) is 0 Å². The summed E-state index contributed by atoms with van der Waals surface area (Å²) in [6.45, 7) is 0.0852. The van der Waals surface area contributed by atoms with Crippen LogP contribution in [0.4, 0.5) is 4.79 Å². The van der Waals surface area contributed by atoms with Gasteiger partial charge in [0.05, 0.1) is 20.8 Å². The molecule has 0 aliphatic carbocycles. The summed E-state index contributed by atoms with van der Waals surface area (Å²) in [4.78, 5) is 40.9. The van der Waals surface area contributed by atoms with Crippen LogP contribution in [0.3, 0.4) is 0 Å². The minimum atomic E-state index is -2.02. The Kier molecular flexibility index (Phi) is 7.01. The van der Waals surface area contributed by atoms with Crippen molar-refractivity contribution >= 4 is 17.9 Å². The number of cyclic esters (lactones) is 1. The average molecular weight is 475 g/mol. The second-order valence-electron chi connectivity index (χ2n) is 8.14. The maximum absolute atomic E-state index is 13.6. The highest BCUT2D eigenvalue weighted by Gasteiger charge is 2.59. The molecule has 3 aromatic carbocycles. The molecule has 0 radical (unpaired) electrons. The van der Waals surface area contributed by atoms with E-state index in [9.17, 15) is 14.4 Å².